The smallest absolute Gasteiger partial charge is 0.163 e. The number of nitrogens with two attached hydrogens (primary N) is 1. The van der Waals surface area contributed by atoms with Gasteiger partial charge in [-0.3, -0.25) is 0 Å². The molecule has 0 bridgehead atoms. The molecule has 2 unspecified atom stereocenters. The Balaban J connectivity index is 2.05. The molecule has 0 aliphatic heterocycles. The summed E-state index contributed by atoms with van der Waals surface area (Å²) in [6, 6.07) is -0.000648. The third-order valence-corrected chi connectivity index (χ3v) is 3.68. The highest BCUT2D eigenvalue weighted by Crippen LogP contribution is 2.29. The first-order valence-electron chi connectivity index (χ1n) is 6.39. The second-order valence-electron chi connectivity index (χ2n) is 4.86. The van der Waals surface area contributed by atoms with Gasteiger partial charge in [0.1, 0.15) is 12.1 Å². The van der Waals surface area contributed by atoms with E-state index in [0.717, 1.165) is 31.1 Å². The van der Waals surface area contributed by atoms with E-state index >= 15 is 0 Å². The van der Waals surface area contributed by atoms with Crippen LogP contribution >= 0.6 is 0 Å². The fraction of sp³-hybridized carbons (Fsp3) is 0.583. The van der Waals surface area contributed by atoms with Crippen LogP contribution in [0.4, 0.5) is 5.82 Å². The molecule has 0 saturated heterocycles. The molecule has 96 valence electrons. The largest absolute Gasteiger partial charge is 0.391 e. The van der Waals surface area contributed by atoms with E-state index in [2.05, 4.69) is 15.1 Å². The van der Waals surface area contributed by atoms with Gasteiger partial charge >= 0.3 is 0 Å². The summed E-state index contributed by atoms with van der Waals surface area (Å²) >= 11 is 0. The van der Waals surface area contributed by atoms with Crippen LogP contribution in [-0.4, -0.2) is 31.0 Å². The third-order valence-electron chi connectivity index (χ3n) is 3.68. The summed E-state index contributed by atoms with van der Waals surface area (Å²) in [6.45, 7) is 0. The third kappa shape index (κ3) is 1.82. The number of hydrogen-bond acceptors (Lipinski definition) is 5. The molecule has 6 heteroatoms. The molecule has 2 atom stereocenters. The predicted octanol–water partition coefficient (Wildman–Crippen LogP) is 1.27. The van der Waals surface area contributed by atoms with Gasteiger partial charge in [-0.05, 0) is 12.8 Å². The molecule has 1 saturated carbocycles. The minimum absolute atomic E-state index is 0.000648. The highest BCUT2D eigenvalue weighted by atomic mass is 16.3. The Morgan fingerprint density at radius 1 is 1.22 bits per heavy atom. The Bertz CT molecular complexity index is 552. The number of nitrogens with zero attached hydrogens (tertiary/aromatic N) is 4. The van der Waals surface area contributed by atoms with Crippen molar-refractivity contribution in [2.75, 3.05) is 5.73 Å². The van der Waals surface area contributed by atoms with Crippen molar-refractivity contribution in [3.8, 4) is 0 Å². The molecule has 0 radical (unpaired) electrons. The molecule has 1 aliphatic carbocycles. The minimum atomic E-state index is -0.355. The molecule has 2 aromatic heterocycles. The maximum absolute atomic E-state index is 10.2. The van der Waals surface area contributed by atoms with Gasteiger partial charge < -0.3 is 10.8 Å². The number of nitrogen functional groups attached to an aromatic ring is 1. The lowest BCUT2D eigenvalue weighted by molar-refractivity contribution is 0.101. The maximum Gasteiger partial charge on any atom is 0.163 e. The standard InChI is InChI=1S/C12H17N5O/c13-11-8-6-16-17(12(8)15-7-14-11)9-4-2-1-3-5-10(9)18/h6-7,9-10,18H,1-5H2,(H2,13,14,15). The lowest BCUT2D eigenvalue weighted by Gasteiger charge is -2.21. The zero-order valence-corrected chi connectivity index (χ0v) is 10.2. The monoisotopic (exact) mass is 247 g/mol. The predicted molar refractivity (Wildman–Crippen MR) is 67.9 cm³/mol. The van der Waals surface area contributed by atoms with Gasteiger partial charge in [0, 0.05) is 0 Å². The van der Waals surface area contributed by atoms with Crippen LogP contribution in [0.1, 0.15) is 38.1 Å². The zero-order chi connectivity index (χ0) is 12.5. The van der Waals surface area contributed by atoms with Gasteiger partial charge in [-0.25, -0.2) is 14.6 Å². The van der Waals surface area contributed by atoms with Crippen LogP contribution in [0, 0.1) is 0 Å². The van der Waals surface area contributed by atoms with Gasteiger partial charge in [0.25, 0.3) is 0 Å². The van der Waals surface area contributed by atoms with Crippen LogP contribution in [0.3, 0.4) is 0 Å². The summed E-state index contributed by atoms with van der Waals surface area (Å²) in [5.41, 5.74) is 6.51. The number of anilines is 1. The van der Waals surface area contributed by atoms with Crippen molar-refractivity contribution in [2.24, 2.45) is 0 Å². The van der Waals surface area contributed by atoms with Crippen molar-refractivity contribution in [2.45, 2.75) is 44.2 Å². The molecular weight excluding hydrogens is 230 g/mol. The molecule has 0 amide bonds. The average molecular weight is 247 g/mol. The summed E-state index contributed by atoms with van der Waals surface area (Å²) < 4.78 is 1.81. The Morgan fingerprint density at radius 2 is 2.06 bits per heavy atom. The van der Waals surface area contributed by atoms with E-state index in [1.807, 2.05) is 4.68 Å². The van der Waals surface area contributed by atoms with Crippen molar-refractivity contribution in [1.29, 1.82) is 0 Å². The number of aromatic nitrogens is 4. The number of rotatable bonds is 1. The molecular formula is C12H17N5O. The quantitative estimate of drug-likeness (QED) is 0.741. The van der Waals surface area contributed by atoms with Crippen molar-refractivity contribution in [3.63, 3.8) is 0 Å². The lowest BCUT2D eigenvalue weighted by atomic mass is 10.1. The summed E-state index contributed by atoms with van der Waals surface area (Å²) in [7, 11) is 0. The van der Waals surface area contributed by atoms with Crippen LogP contribution in [0.2, 0.25) is 0 Å². The van der Waals surface area contributed by atoms with Crippen LogP contribution < -0.4 is 5.73 Å². The SMILES string of the molecule is Nc1ncnc2c1cnn2C1CCCCCC1O. The number of aliphatic hydroxyl groups is 1. The Hall–Kier alpha value is -1.69. The van der Waals surface area contributed by atoms with Gasteiger partial charge in [-0.2, -0.15) is 5.10 Å². The Morgan fingerprint density at radius 3 is 2.94 bits per heavy atom. The summed E-state index contributed by atoms with van der Waals surface area (Å²) in [5, 5.41) is 15.3. The first kappa shape index (κ1) is 11.4. The van der Waals surface area contributed by atoms with Gasteiger partial charge in [0.2, 0.25) is 0 Å². The Kier molecular flexibility index (Phi) is 2.87. The van der Waals surface area contributed by atoms with E-state index in [9.17, 15) is 5.11 Å². The van der Waals surface area contributed by atoms with Crippen LogP contribution in [0.5, 0.6) is 0 Å². The van der Waals surface area contributed by atoms with Crippen molar-refractivity contribution < 1.29 is 5.11 Å². The van der Waals surface area contributed by atoms with Gasteiger partial charge in [0.05, 0.1) is 23.7 Å². The van der Waals surface area contributed by atoms with E-state index in [1.165, 1.54) is 12.7 Å². The molecule has 2 heterocycles. The molecule has 1 fully saturated rings. The second kappa shape index (κ2) is 4.53. The summed E-state index contributed by atoms with van der Waals surface area (Å²) in [6.07, 6.45) is 7.89. The average Bonchev–Trinajstić information content (AvgIpc) is 2.68. The van der Waals surface area contributed by atoms with Crippen molar-refractivity contribution in [1.82, 2.24) is 19.7 Å². The highest BCUT2D eigenvalue weighted by Gasteiger charge is 2.25. The van der Waals surface area contributed by atoms with Crippen LogP contribution in [0.25, 0.3) is 11.0 Å². The molecule has 0 spiro atoms. The van der Waals surface area contributed by atoms with Crippen molar-refractivity contribution in [3.05, 3.63) is 12.5 Å². The van der Waals surface area contributed by atoms with Gasteiger partial charge in [0.15, 0.2) is 5.65 Å². The normalized spacial score (nSPS) is 25.2. The molecule has 6 nitrogen and oxygen atoms in total. The lowest BCUT2D eigenvalue weighted by Crippen LogP contribution is -2.24. The van der Waals surface area contributed by atoms with Crippen molar-refractivity contribution >= 4 is 16.9 Å². The molecule has 18 heavy (non-hydrogen) atoms. The van der Waals surface area contributed by atoms with E-state index in [1.54, 1.807) is 6.20 Å². The topological polar surface area (TPSA) is 89.9 Å². The minimum Gasteiger partial charge on any atom is -0.391 e. The highest BCUT2D eigenvalue weighted by molar-refractivity contribution is 5.84. The van der Waals surface area contributed by atoms with E-state index < -0.39 is 0 Å². The maximum atomic E-state index is 10.2. The van der Waals surface area contributed by atoms with E-state index in [-0.39, 0.29) is 12.1 Å². The number of hydrogen-bond donors (Lipinski definition) is 2. The first-order chi connectivity index (χ1) is 8.77. The van der Waals surface area contributed by atoms with Crippen LogP contribution in [-0.2, 0) is 0 Å². The number of aliphatic hydroxyl groups excluding tert-OH is 1. The summed E-state index contributed by atoms with van der Waals surface area (Å²) in [4.78, 5) is 8.19. The van der Waals surface area contributed by atoms with E-state index in [0.29, 0.717) is 11.5 Å². The second-order valence-corrected chi connectivity index (χ2v) is 4.86. The first-order valence-corrected chi connectivity index (χ1v) is 6.39. The summed E-state index contributed by atoms with van der Waals surface area (Å²) in [5.74, 6) is 0.439. The number of fused-ring (bicyclic) bond motifs is 1. The van der Waals surface area contributed by atoms with E-state index in [4.69, 9.17) is 5.73 Å². The molecule has 3 N–H and O–H groups in total. The van der Waals surface area contributed by atoms with Crippen LogP contribution in [0.15, 0.2) is 12.5 Å². The van der Waals surface area contributed by atoms with Gasteiger partial charge in [-0.15, -0.1) is 0 Å². The fourth-order valence-corrected chi connectivity index (χ4v) is 2.68. The van der Waals surface area contributed by atoms with Gasteiger partial charge in [-0.1, -0.05) is 19.3 Å². The molecule has 2 aromatic rings. The Labute approximate surface area is 105 Å². The molecule has 3 rings (SSSR count). The molecule has 1 aliphatic rings. The zero-order valence-electron chi connectivity index (χ0n) is 10.2. The fourth-order valence-electron chi connectivity index (χ4n) is 2.68. The molecule has 0 aromatic carbocycles.